The standard InChI is InChI=1S/C12H13ClO4/c1-17-7-4-8(11(16)9(13)5-7)12(2-3-12)6-10(14)15/h4-5,16H,2-3,6H2,1H3,(H,14,15). The number of benzene rings is 1. The van der Waals surface area contributed by atoms with E-state index in [9.17, 15) is 9.90 Å². The van der Waals surface area contributed by atoms with E-state index in [4.69, 9.17) is 21.4 Å². The summed E-state index contributed by atoms with van der Waals surface area (Å²) < 4.78 is 5.08. The third-order valence-electron chi connectivity index (χ3n) is 3.19. The molecule has 0 atom stereocenters. The number of phenolic OH excluding ortho intramolecular Hbond substituents is 1. The molecule has 0 bridgehead atoms. The minimum atomic E-state index is -0.874. The molecule has 1 fully saturated rings. The highest BCUT2D eigenvalue weighted by Crippen LogP contribution is 2.55. The SMILES string of the molecule is COc1cc(Cl)c(O)c(C2(CC(=O)O)CC2)c1. The maximum atomic E-state index is 10.8. The second kappa shape index (κ2) is 4.11. The Morgan fingerprint density at radius 1 is 1.53 bits per heavy atom. The highest BCUT2D eigenvalue weighted by Gasteiger charge is 2.48. The third kappa shape index (κ3) is 2.17. The van der Waals surface area contributed by atoms with Gasteiger partial charge in [-0.1, -0.05) is 11.6 Å². The van der Waals surface area contributed by atoms with E-state index in [-0.39, 0.29) is 17.2 Å². The van der Waals surface area contributed by atoms with Crippen molar-refractivity contribution in [3.63, 3.8) is 0 Å². The van der Waals surface area contributed by atoms with E-state index < -0.39 is 11.4 Å². The summed E-state index contributed by atoms with van der Waals surface area (Å²) in [7, 11) is 1.50. The molecule has 0 radical (unpaired) electrons. The molecule has 1 aromatic rings. The van der Waals surface area contributed by atoms with Gasteiger partial charge in [-0.15, -0.1) is 0 Å². The Bertz CT molecular complexity index is 466. The molecule has 1 aliphatic carbocycles. The highest BCUT2D eigenvalue weighted by molar-refractivity contribution is 6.32. The summed E-state index contributed by atoms with van der Waals surface area (Å²) in [6, 6.07) is 3.17. The summed E-state index contributed by atoms with van der Waals surface area (Å²) in [6.07, 6.45) is 1.50. The first kappa shape index (κ1) is 12.0. The molecule has 0 aliphatic heterocycles. The van der Waals surface area contributed by atoms with E-state index in [2.05, 4.69) is 0 Å². The molecule has 0 aromatic heterocycles. The molecule has 0 amide bonds. The summed E-state index contributed by atoms with van der Waals surface area (Å²) in [6.45, 7) is 0. The molecule has 4 nitrogen and oxygen atoms in total. The van der Waals surface area contributed by atoms with Gasteiger partial charge in [0.05, 0.1) is 18.6 Å². The van der Waals surface area contributed by atoms with Crippen LogP contribution in [0.2, 0.25) is 5.02 Å². The van der Waals surface area contributed by atoms with E-state index in [1.54, 1.807) is 6.07 Å². The molecule has 0 unspecified atom stereocenters. The molecule has 0 saturated heterocycles. The number of hydrogen-bond donors (Lipinski definition) is 2. The van der Waals surface area contributed by atoms with Crippen LogP contribution in [0.3, 0.4) is 0 Å². The van der Waals surface area contributed by atoms with Gasteiger partial charge >= 0.3 is 5.97 Å². The lowest BCUT2D eigenvalue weighted by Gasteiger charge is -2.17. The zero-order chi connectivity index (χ0) is 12.6. The second-order valence-electron chi connectivity index (χ2n) is 4.36. The van der Waals surface area contributed by atoms with Crippen LogP contribution in [0, 0.1) is 0 Å². The number of aromatic hydroxyl groups is 1. The molecular weight excluding hydrogens is 244 g/mol. The Balaban J connectivity index is 2.44. The summed E-state index contributed by atoms with van der Waals surface area (Å²) in [5.41, 5.74) is 0.0953. The molecule has 0 spiro atoms. The van der Waals surface area contributed by atoms with Gasteiger partial charge in [0.25, 0.3) is 0 Å². The van der Waals surface area contributed by atoms with Crippen molar-refractivity contribution in [3.05, 3.63) is 22.7 Å². The zero-order valence-electron chi connectivity index (χ0n) is 9.36. The van der Waals surface area contributed by atoms with Crippen molar-refractivity contribution in [1.29, 1.82) is 0 Å². The summed E-state index contributed by atoms with van der Waals surface area (Å²) in [4.78, 5) is 10.8. The number of phenols is 1. The first-order valence-corrected chi connectivity index (χ1v) is 5.65. The van der Waals surface area contributed by atoms with Gasteiger partial charge in [-0.2, -0.15) is 0 Å². The van der Waals surface area contributed by atoms with Crippen molar-refractivity contribution in [2.75, 3.05) is 7.11 Å². The molecular formula is C12H13ClO4. The lowest BCUT2D eigenvalue weighted by atomic mass is 9.91. The quantitative estimate of drug-likeness (QED) is 0.869. The van der Waals surface area contributed by atoms with Gasteiger partial charge < -0.3 is 14.9 Å². The first-order chi connectivity index (χ1) is 7.98. The smallest absolute Gasteiger partial charge is 0.304 e. The Morgan fingerprint density at radius 3 is 2.65 bits per heavy atom. The van der Waals surface area contributed by atoms with E-state index in [0.717, 1.165) is 12.8 Å². The minimum absolute atomic E-state index is 0.00402. The molecule has 1 aliphatic rings. The average molecular weight is 257 g/mol. The lowest BCUT2D eigenvalue weighted by Crippen LogP contribution is -2.13. The Morgan fingerprint density at radius 2 is 2.18 bits per heavy atom. The number of carboxylic acid groups (broad SMARTS) is 1. The topological polar surface area (TPSA) is 66.8 Å². The highest BCUT2D eigenvalue weighted by atomic mass is 35.5. The van der Waals surface area contributed by atoms with Gasteiger partial charge in [-0.25, -0.2) is 0 Å². The summed E-state index contributed by atoms with van der Waals surface area (Å²) in [5, 5.41) is 19.0. The van der Waals surface area contributed by atoms with E-state index >= 15 is 0 Å². The molecule has 1 saturated carbocycles. The minimum Gasteiger partial charge on any atom is -0.506 e. The van der Waals surface area contributed by atoms with Gasteiger partial charge in [0.1, 0.15) is 11.5 Å². The van der Waals surface area contributed by atoms with Gasteiger partial charge in [-0.05, 0) is 18.9 Å². The molecule has 5 heteroatoms. The summed E-state index contributed by atoms with van der Waals surface area (Å²) >= 11 is 5.89. The van der Waals surface area contributed by atoms with Gasteiger partial charge in [-0.3, -0.25) is 4.79 Å². The van der Waals surface area contributed by atoms with E-state index in [1.165, 1.54) is 13.2 Å². The summed E-state index contributed by atoms with van der Waals surface area (Å²) in [5.74, 6) is -0.383. The lowest BCUT2D eigenvalue weighted by molar-refractivity contribution is -0.137. The van der Waals surface area contributed by atoms with E-state index in [0.29, 0.717) is 11.3 Å². The molecule has 1 aromatic carbocycles. The Hall–Kier alpha value is -1.42. The van der Waals surface area contributed by atoms with Gasteiger partial charge in [0, 0.05) is 17.0 Å². The number of carbonyl (C=O) groups is 1. The van der Waals surface area contributed by atoms with Crippen LogP contribution in [0.4, 0.5) is 0 Å². The van der Waals surface area contributed by atoms with Crippen LogP contribution in [0.1, 0.15) is 24.8 Å². The number of rotatable bonds is 4. The number of methoxy groups -OCH3 is 1. The van der Waals surface area contributed by atoms with Crippen molar-refractivity contribution in [2.24, 2.45) is 0 Å². The fourth-order valence-electron chi connectivity index (χ4n) is 2.08. The molecule has 17 heavy (non-hydrogen) atoms. The third-order valence-corrected chi connectivity index (χ3v) is 3.48. The molecule has 92 valence electrons. The largest absolute Gasteiger partial charge is 0.506 e. The number of halogens is 1. The van der Waals surface area contributed by atoms with Crippen LogP contribution < -0.4 is 4.74 Å². The zero-order valence-corrected chi connectivity index (χ0v) is 10.1. The predicted molar refractivity (Wildman–Crippen MR) is 62.8 cm³/mol. The van der Waals surface area contributed by atoms with Crippen molar-refractivity contribution in [3.8, 4) is 11.5 Å². The maximum absolute atomic E-state index is 10.8. The fourth-order valence-corrected chi connectivity index (χ4v) is 2.29. The Kier molecular flexibility index (Phi) is 2.91. The van der Waals surface area contributed by atoms with Crippen molar-refractivity contribution in [2.45, 2.75) is 24.7 Å². The monoisotopic (exact) mass is 256 g/mol. The Labute approximate surface area is 104 Å². The van der Waals surface area contributed by atoms with Crippen molar-refractivity contribution >= 4 is 17.6 Å². The van der Waals surface area contributed by atoms with Crippen LogP contribution in [0.25, 0.3) is 0 Å². The van der Waals surface area contributed by atoms with Crippen LogP contribution in [0.5, 0.6) is 11.5 Å². The van der Waals surface area contributed by atoms with Gasteiger partial charge in [0.15, 0.2) is 0 Å². The molecule has 2 rings (SSSR count). The average Bonchev–Trinajstić information content (AvgIpc) is 3.01. The number of aliphatic carboxylic acids is 1. The van der Waals surface area contributed by atoms with Crippen LogP contribution in [0.15, 0.2) is 12.1 Å². The fraction of sp³-hybridized carbons (Fsp3) is 0.417. The second-order valence-corrected chi connectivity index (χ2v) is 4.76. The number of ether oxygens (including phenoxy) is 1. The first-order valence-electron chi connectivity index (χ1n) is 5.27. The van der Waals surface area contributed by atoms with Gasteiger partial charge in [0.2, 0.25) is 0 Å². The van der Waals surface area contributed by atoms with Crippen LogP contribution in [-0.2, 0) is 10.2 Å². The van der Waals surface area contributed by atoms with Crippen molar-refractivity contribution < 1.29 is 19.7 Å². The van der Waals surface area contributed by atoms with E-state index in [1.807, 2.05) is 0 Å². The number of carboxylic acids is 1. The van der Waals surface area contributed by atoms with Crippen molar-refractivity contribution in [1.82, 2.24) is 0 Å². The number of hydrogen-bond acceptors (Lipinski definition) is 3. The maximum Gasteiger partial charge on any atom is 0.304 e. The normalized spacial score (nSPS) is 16.6. The van der Waals surface area contributed by atoms with Crippen LogP contribution >= 0.6 is 11.6 Å². The molecule has 2 N–H and O–H groups in total. The predicted octanol–water partition coefficient (Wildman–Crippen LogP) is 2.56. The molecule has 0 heterocycles. The van der Waals surface area contributed by atoms with Crippen LogP contribution in [-0.4, -0.2) is 23.3 Å².